The maximum absolute atomic E-state index is 13.8. The van der Waals surface area contributed by atoms with Crippen LogP contribution in [0.5, 0.6) is 5.88 Å². The van der Waals surface area contributed by atoms with E-state index in [4.69, 9.17) is 14.7 Å². The molecule has 2 saturated heterocycles. The fourth-order valence-corrected chi connectivity index (χ4v) is 9.58. The summed E-state index contributed by atoms with van der Waals surface area (Å²) in [5.41, 5.74) is 8.57. The molecule has 0 aliphatic carbocycles. The van der Waals surface area contributed by atoms with Crippen molar-refractivity contribution in [3.05, 3.63) is 77.1 Å². The molecule has 4 aliphatic rings. The Morgan fingerprint density at radius 2 is 1.69 bits per heavy atom. The maximum atomic E-state index is 13.8. The standard InChI is InChI=1S/C46H55N11O5/c1-30-23-32-25-40(49-30)38-27-48-52(3)45(38)62-22-6-4-5-15-56-41-26-36(9-11-39(41)50-46(56)51-43(32)60)55-20-18-54(19-21-55)34-13-16-53(17-14-34)35-8-10-37-33(24-35)28-57(44(37)61)31(2)7-12-42(59)47-29-58/h8-11,23-27,29,31,34H,4-7,12-22,28H2,1-3H3,(H,47,58,59)(H,50,51,60). The Morgan fingerprint density at radius 3 is 2.50 bits per heavy atom. The van der Waals surface area contributed by atoms with E-state index in [1.807, 2.05) is 31.9 Å². The second kappa shape index (κ2) is 17.6. The van der Waals surface area contributed by atoms with Gasteiger partial charge in [0.1, 0.15) is 0 Å². The number of imidazole rings is 1. The van der Waals surface area contributed by atoms with Crippen LogP contribution in [-0.4, -0.2) is 116 Å². The molecule has 16 heteroatoms. The van der Waals surface area contributed by atoms with Crippen LogP contribution in [0.4, 0.5) is 17.3 Å². The molecule has 0 saturated carbocycles. The second-order valence-corrected chi connectivity index (χ2v) is 17.1. The minimum Gasteiger partial charge on any atom is -0.477 e. The number of fused-ring (bicyclic) bond motifs is 8. The molecule has 4 amide bonds. The van der Waals surface area contributed by atoms with E-state index in [0.29, 0.717) is 61.7 Å². The summed E-state index contributed by atoms with van der Waals surface area (Å²) in [4.78, 5) is 68.5. The van der Waals surface area contributed by atoms with E-state index in [9.17, 15) is 19.2 Å². The molecular weight excluding hydrogens is 787 g/mol. The van der Waals surface area contributed by atoms with Gasteiger partial charge in [0.05, 0.1) is 35.1 Å². The van der Waals surface area contributed by atoms with E-state index in [1.165, 1.54) is 0 Å². The number of benzene rings is 2. The Morgan fingerprint density at radius 1 is 0.919 bits per heavy atom. The summed E-state index contributed by atoms with van der Waals surface area (Å²) in [5.74, 6) is 0.621. The predicted octanol–water partition coefficient (Wildman–Crippen LogP) is 5.14. The molecule has 3 aromatic heterocycles. The van der Waals surface area contributed by atoms with Gasteiger partial charge in [-0.25, -0.2) is 9.67 Å². The Balaban J connectivity index is 0.825. The molecule has 1 unspecified atom stereocenters. The number of imide groups is 1. The van der Waals surface area contributed by atoms with E-state index >= 15 is 0 Å². The highest BCUT2D eigenvalue weighted by Crippen LogP contribution is 2.34. The minimum absolute atomic E-state index is 0.000259. The second-order valence-electron chi connectivity index (χ2n) is 17.1. The molecule has 324 valence electrons. The Hall–Kier alpha value is -6.29. The van der Waals surface area contributed by atoms with Crippen molar-refractivity contribution in [1.82, 2.24) is 39.4 Å². The fraction of sp³-hybridized carbons (Fsp3) is 0.457. The number of hydrogen-bond acceptors (Lipinski definition) is 11. The number of hydrogen-bond donors (Lipinski definition) is 2. The lowest BCUT2D eigenvalue weighted by Crippen LogP contribution is -2.53. The first kappa shape index (κ1) is 41.1. The molecule has 4 aliphatic heterocycles. The van der Waals surface area contributed by atoms with Crippen molar-refractivity contribution in [2.24, 2.45) is 7.05 Å². The van der Waals surface area contributed by atoms with Crippen molar-refractivity contribution in [2.75, 3.05) is 61.0 Å². The zero-order valence-corrected chi connectivity index (χ0v) is 35.8. The molecule has 62 heavy (non-hydrogen) atoms. The number of pyridine rings is 1. The number of nitrogens with zero attached hydrogens (tertiary/aromatic N) is 9. The Labute approximate surface area is 361 Å². The number of amides is 4. The molecule has 9 rings (SSSR count). The molecule has 7 heterocycles. The van der Waals surface area contributed by atoms with Gasteiger partial charge in [-0.15, -0.1) is 0 Å². The average molecular weight is 842 g/mol. The largest absolute Gasteiger partial charge is 0.477 e. The van der Waals surface area contributed by atoms with E-state index in [0.717, 1.165) is 116 Å². The lowest BCUT2D eigenvalue weighted by atomic mass is 10.0. The SMILES string of the molecule is Cc1cc2cc(n1)-c1cnn(C)c1OCCCCCn1c(nc3ccc(N4CCN(C5CCN(c6ccc7c(c6)CN(C(C)CCC(=O)NC=O)C7=O)CC5)CC4)cc31)NC2=O. The van der Waals surface area contributed by atoms with Gasteiger partial charge in [-0.2, -0.15) is 5.10 Å². The fourth-order valence-electron chi connectivity index (χ4n) is 9.58. The zero-order valence-electron chi connectivity index (χ0n) is 35.8. The summed E-state index contributed by atoms with van der Waals surface area (Å²) in [6.45, 7) is 11.4. The number of anilines is 3. The average Bonchev–Trinajstić information content (AvgIpc) is 3.94. The van der Waals surface area contributed by atoms with Crippen LogP contribution in [0.1, 0.15) is 83.8 Å². The van der Waals surface area contributed by atoms with Crippen LogP contribution in [-0.2, 0) is 29.7 Å². The molecule has 5 aromatic rings. The lowest BCUT2D eigenvalue weighted by Gasteiger charge is -2.44. The van der Waals surface area contributed by atoms with Crippen molar-refractivity contribution in [3.63, 3.8) is 0 Å². The molecule has 2 aromatic carbocycles. The smallest absolute Gasteiger partial charge is 0.258 e. The monoisotopic (exact) mass is 841 g/mol. The topological polar surface area (TPSA) is 163 Å². The van der Waals surface area contributed by atoms with Gasteiger partial charge in [0, 0.05) is 106 Å². The quantitative estimate of drug-likeness (QED) is 0.199. The van der Waals surface area contributed by atoms with Crippen molar-refractivity contribution >= 4 is 52.5 Å². The van der Waals surface area contributed by atoms with Crippen LogP contribution in [0.2, 0.25) is 0 Å². The molecule has 1 atom stereocenters. The van der Waals surface area contributed by atoms with Crippen molar-refractivity contribution < 1.29 is 23.9 Å². The molecule has 2 fully saturated rings. The number of rotatable bonds is 8. The normalized spacial score (nSPS) is 18.3. The van der Waals surface area contributed by atoms with E-state index < -0.39 is 0 Å². The van der Waals surface area contributed by atoms with Gasteiger partial charge in [-0.3, -0.25) is 39.7 Å². The van der Waals surface area contributed by atoms with Crippen molar-refractivity contribution in [1.29, 1.82) is 0 Å². The number of carbonyl (C=O) groups excluding carboxylic acids is 4. The van der Waals surface area contributed by atoms with Gasteiger partial charge >= 0.3 is 0 Å². The lowest BCUT2D eigenvalue weighted by molar-refractivity contribution is -0.125. The first-order chi connectivity index (χ1) is 30.1. The summed E-state index contributed by atoms with van der Waals surface area (Å²) in [5, 5.41) is 9.73. The first-order valence-electron chi connectivity index (χ1n) is 22.0. The highest BCUT2D eigenvalue weighted by Gasteiger charge is 2.33. The Kier molecular flexibility index (Phi) is 11.7. The summed E-state index contributed by atoms with van der Waals surface area (Å²) < 4.78 is 10.1. The number of aryl methyl sites for hydroxylation is 3. The van der Waals surface area contributed by atoms with Crippen LogP contribution in [0.15, 0.2) is 54.7 Å². The van der Waals surface area contributed by atoms with Crippen LogP contribution in [0, 0.1) is 6.92 Å². The predicted molar refractivity (Wildman–Crippen MR) is 236 cm³/mol. The minimum atomic E-state index is -0.329. The van der Waals surface area contributed by atoms with Gasteiger partial charge in [0.15, 0.2) is 0 Å². The third-order valence-corrected chi connectivity index (χ3v) is 13.1. The summed E-state index contributed by atoms with van der Waals surface area (Å²) in [6.07, 6.45) is 7.73. The van der Waals surface area contributed by atoms with Gasteiger partial charge in [-0.1, -0.05) is 0 Å². The molecule has 0 spiro atoms. The number of piperazine rings is 1. The van der Waals surface area contributed by atoms with Gasteiger partial charge < -0.3 is 24.0 Å². The Bertz CT molecular complexity index is 2500. The molecule has 0 radical (unpaired) electrons. The highest BCUT2D eigenvalue weighted by molar-refractivity contribution is 6.05. The zero-order chi connectivity index (χ0) is 42.9. The molecular formula is C46H55N11O5. The van der Waals surface area contributed by atoms with Crippen molar-refractivity contribution in [3.8, 4) is 17.1 Å². The molecule has 2 N–H and O–H groups in total. The van der Waals surface area contributed by atoms with Crippen LogP contribution in [0.25, 0.3) is 22.3 Å². The number of piperidine rings is 1. The summed E-state index contributed by atoms with van der Waals surface area (Å²) in [7, 11) is 1.85. The van der Waals surface area contributed by atoms with Gasteiger partial charge in [0.25, 0.3) is 11.8 Å². The van der Waals surface area contributed by atoms with Crippen molar-refractivity contribution in [2.45, 2.75) is 84.0 Å². The van der Waals surface area contributed by atoms with E-state index in [2.05, 4.69) is 65.3 Å². The van der Waals surface area contributed by atoms with Crippen LogP contribution < -0.4 is 25.2 Å². The van der Waals surface area contributed by atoms with Crippen LogP contribution >= 0.6 is 0 Å². The molecule has 16 nitrogen and oxygen atoms in total. The third-order valence-electron chi connectivity index (χ3n) is 13.1. The van der Waals surface area contributed by atoms with Gasteiger partial charge in [0.2, 0.25) is 24.1 Å². The summed E-state index contributed by atoms with van der Waals surface area (Å²) >= 11 is 0. The first-order valence-corrected chi connectivity index (χ1v) is 22.0. The highest BCUT2D eigenvalue weighted by atomic mass is 16.5. The number of carbonyl (C=O) groups is 4. The van der Waals surface area contributed by atoms with E-state index in [-0.39, 0.29) is 30.2 Å². The summed E-state index contributed by atoms with van der Waals surface area (Å²) in [6, 6.07) is 16.7. The number of aromatic nitrogens is 5. The van der Waals surface area contributed by atoms with Crippen LogP contribution in [0.3, 0.4) is 0 Å². The number of ether oxygens (including phenoxy) is 1. The van der Waals surface area contributed by atoms with Gasteiger partial charge in [-0.05, 0) is 106 Å². The molecule has 2 bridgehead atoms. The van der Waals surface area contributed by atoms with E-state index in [1.54, 1.807) is 23.0 Å². The third kappa shape index (κ3) is 8.35. The number of nitrogens with one attached hydrogen (secondary N) is 2. The maximum Gasteiger partial charge on any atom is 0.258 e.